The number of hydrogen-bond donors (Lipinski definition) is 2. The molecule has 1 unspecified atom stereocenters. The third kappa shape index (κ3) is 6.93. The van der Waals surface area contributed by atoms with Crippen molar-refractivity contribution in [1.29, 1.82) is 0 Å². The summed E-state index contributed by atoms with van der Waals surface area (Å²) in [5, 5.41) is 5.64. The molecule has 0 aromatic heterocycles. The molecule has 2 amide bonds. The molecule has 0 aliphatic carbocycles. The molecule has 0 radical (unpaired) electrons. The van der Waals surface area contributed by atoms with E-state index in [-0.39, 0.29) is 24.4 Å². The first-order valence-corrected chi connectivity index (χ1v) is 8.90. The van der Waals surface area contributed by atoms with Crippen molar-refractivity contribution in [3.05, 3.63) is 77.9 Å². The van der Waals surface area contributed by atoms with E-state index in [1.165, 1.54) is 6.08 Å². The van der Waals surface area contributed by atoms with Crippen LogP contribution in [0.3, 0.4) is 0 Å². The molecule has 136 valence electrons. The summed E-state index contributed by atoms with van der Waals surface area (Å²) in [4.78, 5) is 24.1. The van der Waals surface area contributed by atoms with Gasteiger partial charge in [-0.05, 0) is 29.5 Å². The third-order valence-corrected chi connectivity index (χ3v) is 3.89. The summed E-state index contributed by atoms with van der Waals surface area (Å²) in [7, 11) is 0. The van der Waals surface area contributed by atoms with Gasteiger partial charge in [-0.1, -0.05) is 74.5 Å². The number of hydrogen-bond acceptors (Lipinski definition) is 2. The number of rotatable bonds is 8. The van der Waals surface area contributed by atoms with Gasteiger partial charge >= 0.3 is 0 Å². The van der Waals surface area contributed by atoms with Crippen LogP contribution in [0.15, 0.2) is 66.7 Å². The van der Waals surface area contributed by atoms with E-state index in [4.69, 9.17) is 0 Å². The van der Waals surface area contributed by atoms with Gasteiger partial charge in [0.1, 0.15) is 0 Å². The summed E-state index contributed by atoms with van der Waals surface area (Å²) in [5.41, 5.74) is 2.01. The minimum atomic E-state index is -0.288. The maximum atomic E-state index is 12.2. The lowest BCUT2D eigenvalue weighted by Gasteiger charge is -2.21. The van der Waals surface area contributed by atoms with E-state index in [9.17, 15) is 9.59 Å². The fourth-order valence-corrected chi connectivity index (χ4v) is 2.64. The van der Waals surface area contributed by atoms with Crippen LogP contribution in [0.25, 0.3) is 6.08 Å². The van der Waals surface area contributed by atoms with E-state index in [1.807, 2.05) is 60.7 Å². The molecular weight excluding hydrogens is 324 g/mol. The van der Waals surface area contributed by atoms with Crippen LogP contribution in [0.5, 0.6) is 0 Å². The van der Waals surface area contributed by atoms with Gasteiger partial charge < -0.3 is 10.6 Å². The highest BCUT2D eigenvalue weighted by Crippen LogP contribution is 2.20. The van der Waals surface area contributed by atoms with Crippen molar-refractivity contribution >= 4 is 17.9 Å². The average Bonchev–Trinajstić information content (AvgIpc) is 2.65. The first-order valence-electron chi connectivity index (χ1n) is 8.90. The van der Waals surface area contributed by atoms with E-state index in [0.29, 0.717) is 5.92 Å². The number of benzene rings is 2. The van der Waals surface area contributed by atoms with Gasteiger partial charge in [0.15, 0.2) is 0 Å². The lowest BCUT2D eigenvalue weighted by molar-refractivity contribution is -0.124. The van der Waals surface area contributed by atoms with Crippen LogP contribution in [0.1, 0.15) is 37.4 Å². The van der Waals surface area contributed by atoms with Crippen molar-refractivity contribution in [3.63, 3.8) is 0 Å². The van der Waals surface area contributed by atoms with Gasteiger partial charge in [0.2, 0.25) is 11.8 Å². The molecule has 0 fully saturated rings. The Morgan fingerprint density at radius 2 is 1.58 bits per heavy atom. The van der Waals surface area contributed by atoms with Crippen LogP contribution >= 0.6 is 0 Å². The Morgan fingerprint density at radius 3 is 2.19 bits per heavy atom. The predicted molar refractivity (Wildman–Crippen MR) is 105 cm³/mol. The molecule has 0 bridgehead atoms. The lowest BCUT2D eigenvalue weighted by Crippen LogP contribution is -2.38. The van der Waals surface area contributed by atoms with E-state index >= 15 is 0 Å². The zero-order valence-electron chi connectivity index (χ0n) is 15.3. The molecule has 0 saturated heterocycles. The predicted octanol–water partition coefficient (Wildman–Crippen LogP) is 3.72. The van der Waals surface area contributed by atoms with E-state index in [1.54, 1.807) is 6.08 Å². The Labute approximate surface area is 155 Å². The van der Waals surface area contributed by atoms with Crippen LogP contribution in [-0.2, 0) is 9.59 Å². The van der Waals surface area contributed by atoms with Crippen molar-refractivity contribution in [1.82, 2.24) is 10.6 Å². The van der Waals surface area contributed by atoms with Gasteiger partial charge in [-0.25, -0.2) is 0 Å². The number of carbonyl (C=O) groups excluding carboxylic acids is 2. The smallest absolute Gasteiger partial charge is 0.244 e. The molecule has 4 nitrogen and oxygen atoms in total. The topological polar surface area (TPSA) is 58.2 Å². The monoisotopic (exact) mass is 350 g/mol. The van der Waals surface area contributed by atoms with Crippen LogP contribution in [0.4, 0.5) is 0 Å². The number of amides is 2. The molecular formula is C22H26N2O2. The summed E-state index contributed by atoms with van der Waals surface area (Å²) >= 11 is 0. The quantitative estimate of drug-likeness (QED) is 0.713. The SMILES string of the molecule is CC(C)CC(NC(=O)CNC(=O)C=Cc1ccccc1)c1ccccc1. The highest BCUT2D eigenvalue weighted by Gasteiger charge is 2.16. The van der Waals surface area contributed by atoms with Crippen molar-refractivity contribution in [2.45, 2.75) is 26.3 Å². The largest absolute Gasteiger partial charge is 0.348 e. The molecule has 0 saturated carbocycles. The maximum Gasteiger partial charge on any atom is 0.244 e. The van der Waals surface area contributed by atoms with Crippen molar-refractivity contribution in [3.8, 4) is 0 Å². The van der Waals surface area contributed by atoms with E-state index < -0.39 is 0 Å². The Bertz CT molecular complexity index is 724. The first kappa shape index (κ1) is 19.4. The summed E-state index contributed by atoms with van der Waals surface area (Å²) in [6.45, 7) is 4.20. The summed E-state index contributed by atoms with van der Waals surface area (Å²) in [6, 6.07) is 19.4. The fourth-order valence-electron chi connectivity index (χ4n) is 2.64. The Hall–Kier alpha value is -2.88. The van der Waals surface area contributed by atoms with Crippen LogP contribution in [0.2, 0.25) is 0 Å². The second kappa shape index (κ2) is 10.2. The Kier molecular flexibility index (Phi) is 7.62. The van der Waals surface area contributed by atoms with Gasteiger partial charge in [0.05, 0.1) is 12.6 Å². The molecule has 2 aromatic carbocycles. The minimum absolute atomic E-state index is 0.0423. The van der Waals surface area contributed by atoms with Gasteiger partial charge in [0, 0.05) is 6.08 Å². The summed E-state index contributed by atoms with van der Waals surface area (Å²) in [6.07, 6.45) is 4.00. The zero-order chi connectivity index (χ0) is 18.8. The second-order valence-corrected chi connectivity index (χ2v) is 6.62. The first-order chi connectivity index (χ1) is 12.5. The van der Waals surface area contributed by atoms with Crippen molar-refractivity contribution < 1.29 is 9.59 Å². The minimum Gasteiger partial charge on any atom is -0.348 e. The van der Waals surface area contributed by atoms with Gasteiger partial charge in [-0.15, -0.1) is 0 Å². The normalized spacial score (nSPS) is 12.1. The van der Waals surface area contributed by atoms with Crippen LogP contribution < -0.4 is 10.6 Å². The molecule has 0 aliphatic heterocycles. The van der Waals surface area contributed by atoms with Crippen LogP contribution in [-0.4, -0.2) is 18.4 Å². The van der Waals surface area contributed by atoms with Crippen molar-refractivity contribution in [2.75, 3.05) is 6.54 Å². The van der Waals surface area contributed by atoms with E-state index in [2.05, 4.69) is 24.5 Å². The summed E-state index contributed by atoms with van der Waals surface area (Å²) < 4.78 is 0. The third-order valence-electron chi connectivity index (χ3n) is 3.89. The van der Waals surface area contributed by atoms with E-state index in [0.717, 1.165) is 17.5 Å². The highest BCUT2D eigenvalue weighted by atomic mass is 16.2. The Balaban J connectivity index is 1.85. The van der Waals surface area contributed by atoms with Gasteiger partial charge in [-0.2, -0.15) is 0 Å². The fraction of sp³-hybridized carbons (Fsp3) is 0.273. The average molecular weight is 350 g/mol. The highest BCUT2D eigenvalue weighted by molar-refractivity contribution is 5.94. The summed E-state index contributed by atoms with van der Waals surface area (Å²) in [5.74, 6) is -0.0333. The molecule has 4 heteroatoms. The zero-order valence-corrected chi connectivity index (χ0v) is 15.3. The standard InChI is InChI=1S/C22H26N2O2/c1-17(2)15-20(19-11-7-4-8-12-19)24-22(26)16-23-21(25)14-13-18-9-5-3-6-10-18/h3-14,17,20H,15-16H2,1-2H3,(H,23,25)(H,24,26). The van der Waals surface area contributed by atoms with Crippen molar-refractivity contribution in [2.24, 2.45) is 5.92 Å². The molecule has 0 aliphatic rings. The molecule has 2 aromatic rings. The number of carbonyl (C=O) groups is 2. The second-order valence-electron chi connectivity index (χ2n) is 6.62. The van der Waals surface area contributed by atoms with Crippen LogP contribution in [0, 0.1) is 5.92 Å². The molecule has 0 heterocycles. The maximum absolute atomic E-state index is 12.2. The van der Waals surface area contributed by atoms with Gasteiger partial charge in [-0.3, -0.25) is 9.59 Å². The molecule has 2 rings (SSSR count). The molecule has 26 heavy (non-hydrogen) atoms. The number of nitrogens with one attached hydrogen (secondary N) is 2. The lowest BCUT2D eigenvalue weighted by atomic mass is 9.97. The molecule has 0 spiro atoms. The molecule has 1 atom stereocenters. The Morgan fingerprint density at radius 1 is 0.962 bits per heavy atom. The molecule has 2 N–H and O–H groups in total. The van der Waals surface area contributed by atoms with Gasteiger partial charge in [0.25, 0.3) is 0 Å².